The van der Waals surface area contributed by atoms with Crippen LogP contribution in [-0.4, -0.2) is 22.9 Å². The zero-order valence-corrected chi connectivity index (χ0v) is 10.6. The van der Waals surface area contributed by atoms with Crippen LogP contribution in [0.25, 0.3) is 0 Å². The molecule has 0 amide bonds. The van der Waals surface area contributed by atoms with Gasteiger partial charge in [-0.3, -0.25) is 4.55 Å². The second-order valence-corrected chi connectivity index (χ2v) is 6.22. The van der Waals surface area contributed by atoms with Crippen LogP contribution in [0.1, 0.15) is 45.4 Å². The van der Waals surface area contributed by atoms with Crippen molar-refractivity contribution in [2.45, 2.75) is 45.4 Å². The smallest absolute Gasteiger partial charge is 0.245 e. The van der Waals surface area contributed by atoms with E-state index >= 15 is 0 Å². The van der Waals surface area contributed by atoms with E-state index in [1.54, 1.807) is 4.13 Å². The number of nitrogens with one attached hydrogen (secondary N) is 1. The molecule has 0 saturated carbocycles. The number of sulfonamides is 1. The third kappa shape index (κ3) is 10.3. The normalized spacial score (nSPS) is 14.0. The molecule has 0 heterocycles. The summed E-state index contributed by atoms with van der Waals surface area (Å²) in [5.74, 6) is -0.0780. The first-order valence-electron chi connectivity index (χ1n) is 5.09. The monoisotopic (exact) mass is 257 g/mol. The van der Waals surface area contributed by atoms with Crippen LogP contribution in [-0.2, 0) is 21.3 Å². The van der Waals surface area contributed by atoms with Crippen molar-refractivity contribution in [1.29, 1.82) is 0 Å². The Labute approximate surface area is 94.1 Å². The summed E-state index contributed by atoms with van der Waals surface area (Å²) >= 11 is -2.48. The summed E-state index contributed by atoms with van der Waals surface area (Å²) in [6.45, 7) is 2.12. The second-order valence-electron chi connectivity index (χ2n) is 3.42. The number of unbranched alkanes of at least 4 members (excludes halogenated alkanes) is 5. The molecule has 0 radical (unpaired) electrons. The van der Waals surface area contributed by atoms with Gasteiger partial charge in [-0.15, -0.1) is 4.13 Å². The SMILES string of the molecule is CCCCCCCCS(=O)(=O)NS(=O)O. The average molecular weight is 257 g/mol. The third-order valence-electron chi connectivity index (χ3n) is 1.96. The van der Waals surface area contributed by atoms with Crippen LogP contribution in [0.4, 0.5) is 0 Å². The first-order valence-corrected chi connectivity index (χ1v) is 7.85. The fraction of sp³-hybridized carbons (Fsp3) is 1.00. The summed E-state index contributed by atoms with van der Waals surface area (Å²) in [5.41, 5.74) is 0. The molecule has 1 unspecified atom stereocenters. The van der Waals surface area contributed by atoms with E-state index < -0.39 is 21.3 Å². The molecular weight excluding hydrogens is 238 g/mol. The van der Waals surface area contributed by atoms with Crippen molar-refractivity contribution in [3.63, 3.8) is 0 Å². The van der Waals surface area contributed by atoms with Gasteiger partial charge in [0.1, 0.15) is 0 Å². The molecule has 0 fully saturated rings. The van der Waals surface area contributed by atoms with Gasteiger partial charge in [0, 0.05) is 0 Å². The molecule has 0 bridgehead atoms. The highest BCUT2D eigenvalue weighted by Crippen LogP contribution is 2.05. The van der Waals surface area contributed by atoms with Gasteiger partial charge in [-0.25, -0.2) is 12.6 Å². The minimum atomic E-state index is -3.57. The lowest BCUT2D eigenvalue weighted by molar-refractivity contribution is 0.551. The first kappa shape index (κ1) is 15.0. The van der Waals surface area contributed by atoms with Gasteiger partial charge in [0.2, 0.25) is 21.3 Å². The highest BCUT2D eigenvalue weighted by molar-refractivity contribution is 7.99. The molecule has 7 heteroatoms. The fourth-order valence-corrected chi connectivity index (χ4v) is 3.01. The molecule has 0 spiro atoms. The minimum absolute atomic E-state index is 0.0780. The molecular formula is C8H19NO4S2. The van der Waals surface area contributed by atoms with E-state index in [1.165, 1.54) is 6.42 Å². The minimum Gasteiger partial charge on any atom is -0.293 e. The Kier molecular flexibility index (Phi) is 8.22. The highest BCUT2D eigenvalue weighted by atomic mass is 32.3. The molecule has 92 valence electrons. The molecule has 0 saturated heterocycles. The van der Waals surface area contributed by atoms with Gasteiger partial charge < -0.3 is 0 Å². The lowest BCUT2D eigenvalue weighted by Crippen LogP contribution is -2.27. The van der Waals surface area contributed by atoms with Crippen molar-refractivity contribution < 1.29 is 17.2 Å². The molecule has 0 aliphatic rings. The quantitative estimate of drug-likeness (QED) is 0.483. The van der Waals surface area contributed by atoms with Crippen LogP contribution in [0.3, 0.4) is 0 Å². The summed E-state index contributed by atoms with van der Waals surface area (Å²) in [5, 5.41) is 0. The molecule has 0 aliphatic heterocycles. The largest absolute Gasteiger partial charge is 0.293 e. The highest BCUT2D eigenvalue weighted by Gasteiger charge is 2.11. The Morgan fingerprint density at radius 2 is 1.67 bits per heavy atom. The number of hydrogen-bond donors (Lipinski definition) is 2. The molecule has 0 aromatic carbocycles. The standard InChI is InChI=1S/C8H19NO4S2/c1-2-3-4-5-6-7-8-15(12,13)9-14(10)11/h9H,2-8H2,1H3,(H,10,11). The van der Waals surface area contributed by atoms with E-state index in [4.69, 9.17) is 4.55 Å². The van der Waals surface area contributed by atoms with Gasteiger partial charge in [-0.1, -0.05) is 39.0 Å². The van der Waals surface area contributed by atoms with Crippen LogP contribution < -0.4 is 4.13 Å². The first-order chi connectivity index (χ1) is 6.98. The predicted molar refractivity (Wildman–Crippen MR) is 61.1 cm³/mol. The van der Waals surface area contributed by atoms with Crippen molar-refractivity contribution >= 4 is 21.3 Å². The molecule has 0 rings (SSSR count). The molecule has 15 heavy (non-hydrogen) atoms. The topological polar surface area (TPSA) is 83.5 Å². The Morgan fingerprint density at radius 1 is 1.13 bits per heavy atom. The van der Waals surface area contributed by atoms with Crippen LogP contribution in [0, 0.1) is 0 Å². The number of hydrogen-bond acceptors (Lipinski definition) is 3. The summed E-state index contributed by atoms with van der Waals surface area (Å²) in [6, 6.07) is 0. The van der Waals surface area contributed by atoms with Crippen LogP contribution in [0.2, 0.25) is 0 Å². The van der Waals surface area contributed by atoms with E-state index in [1.807, 2.05) is 0 Å². The van der Waals surface area contributed by atoms with Crippen LogP contribution >= 0.6 is 0 Å². The van der Waals surface area contributed by atoms with E-state index in [-0.39, 0.29) is 5.75 Å². The molecule has 2 N–H and O–H groups in total. The second kappa shape index (κ2) is 8.20. The Balaban J connectivity index is 3.54. The molecule has 0 aromatic heterocycles. The van der Waals surface area contributed by atoms with Gasteiger partial charge in [-0.05, 0) is 6.42 Å². The maximum atomic E-state index is 11.1. The maximum absolute atomic E-state index is 11.1. The lowest BCUT2D eigenvalue weighted by Gasteiger charge is -2.02. The summed E-state index contributed by atoms with van der Waals surface area (Å²) in [6.07, 6.45) is 5.85. The van der Waals surface area contributed by atoms with Crippen LogP contribution in [0.5, 0.6) is 0 Å². The Bertz CT molecular complexity index is 276. The van der Waals surface area contributed by atoms with E-state index in [2.05, 4.69) is 6.92 Å². The van der Waals surface area contributed by atoms with Crippen LogP contribution in [0.15, 0.2) is 0 Å². The Morgan fingerprint density at radius 3 is 2.20 bits per heavy atom. The third-order valence-corrected chi connectivity index (χ3v) is 4.38. The van der Waals surface area contributed by atoms with Gasteiger partial charge in [0.05, 0.1) is 5.75 Å². The van der Waals surface area contributed by atoms with Crippen molar-refractivity contribution in [2.75, 3.05) is 5.75 Å². The zero-order valence-electron chi connectivity index (χ0n) is 8.94. The van der Waals surface area contributed by atoms with E-state index in [0.717, 1.165) is 25.7 Å². The van der Waals surface area contributed by atoms with Gasteiger partial charge in [-0.2, -0.15) is 0 Å². The van der Waals surface area contributed by atoms with Gasteiger partial charge >= 0.3 is 0 Å². The zero-order chi connectivity index (χ0) is 11.7. The molecule has 1 atom stereocenters. The average Bonchev–Trinajstić information content (AvgIpc) is 2.08. The van der Waals surface area contributed by atoms with Crippen molar-refractivity contribution in [2.24, 2.45) is 0 Å². The summed E-state index contributed by atoms with van der Waals surface area (Å²) < 4.78 is 42.3. The van der Waals surface area contributed by atoms with Gasteiger partial charge in [0.25, 0.3) is 0 Å². The van der Waals surface area contributed by atoms with Crippen molar-refractivity contribution in [1.82, 2.24) is 4.13 Å². The summed E-state index contributed by atoms with van der Waals surface area (Å²) in [4.78, 5) is 0. The van der Waals surface area contributed by atoms with E-state index in [0.29, 0.717) is 6.42 Å². The van der Waals surface area contributed by atoms with Crippen molar-refractivity contribution in [3.05, 3.63) is 0 Å². The lowest BCUT2D eigenvalue weighted by atomic mass is 10.1. The van der Waals surface area contributed by atoms with E-state index in [9.17, 15) is 12.6 Å². The Hall–Kier alpha value is 0.0200. The molecule has 0 aliphatic carbocycles. The molecule has 5 nitrogen and oxygen atoms in total. The predicted octanol–water partition coefficient (Wildman–Crippen LogP) is 1.40. The molecule has 0 aromatic rings. The summed E-state index contributed by atoms with van der Waals surface area (Å²) in [7, 11) is -3.57. The maximum Gasteiger partial charge on any atom is 0.245 e. The number of rotatable bonds is 9. The van der Waals surface area contributed by atoms with Crippen molar-refractivity contribution in [3.8, 4) is 0 Å². The fourth-order valence-electron chi connectivity index (χ4n) is 1.22. The van der Waals surface area contributed by atoms with Gasteiger partial charge in [0.15, 0.2) is 0 Å².